The third kappa shape index (κ3) is 1.78. The van der Waals surface area contributed by atoms with Crippen LogP contribution in [0.25, 0.3) is 21.8 Å². The Labute approximate surface area is 111 Å². The molecule has 0 aliphatic heterocycles. The van der Waals surface area contributed by atoms with E-state index < -0.39 is 0 Å². The minimum Gasteiger partial charge on any atom is -0.449 e. The second kappa shape index (κ2) is 4.43. The van der Waals surface area contributed by atoms with E-state index >= 15 is 0 Å². The van der Waals surface area contributed by atoms with E-state index in [1.807, 2.05) is 43.3 Å². The van der Waals surface area contributed by atoms with Crippen molar-refractivity contribution in [1.82, 2.24) is 4.57 Å². The highest BCUT2D eigenvalue weighted by Crippen LogP contribution is 2.29. The fourth-order valence-electron chi connectivity index (χ4n) is 2.47. The SMILES string of the molecule is CCOC(=O)n1c2ccccc2c2cc(C)ccc21. The fraction of sp³-hybridized carbons (Fsp3) is 0.188. The van der Waals surface area contributed by atoms with Crippen molar-refractivity contribution in [3.05, 3.63) is 48.0 Å². The molecule has 0 amide bonds. The van der Waals surface area contributed by atoms with Crippen LogP contribution in [-0.4, -0.2) is 17.3 Å². The van der Waals surface area contributed by atoms with Crippen LogP contribution in [0.5, 0.6) is 0 Å². The smallest absolute Gasteiger partial charge is 0.418 e. The summed E-state index contributed by atoms with van der Waals surface area (Å²) in [4.78, 5) is 12.2. The summed E-state index contributed by atoms with van der Waals surface area (Å²) < 4.78 is 6.80. The van der Waals surface area contributed by atoms with Crippen molar-refractivity contribution in [2.24, 2.45) is 0 Å². The Kier molecular flexibility index (Phi) is 2.75. The number of hydrogen-bond acceptors (Lipinski definition) is 2. The van der Waals surface area contributed by atoms with Crippen molar-refractivity contribution in [3.8, 4) is 0 Å². The molecule has 1 aromatic heterocycles. The highest BCUT2D eigenvalue weighted by atomic mass is 16.5. The van der Waals surface area contributed by atoms with Gasteiger partial charge in [0.1, 0.15) is 0 Å². The molecule has 0 aliphatic rings. The van der Waals surface area contributed by atoms with Gasteiger partial charge in [0.15, 0.2) is 0 Å². The number of carbonyl (C=O) groups is 1. The predicted molar refractivity (Wildman–Crippen MR) is 76.6 cm³/mol. The molecule has 3 rings (SSSR count). The first kappa shape index (κ1) is 11.8. The standard InChI is InChI=1S/C16H15NO2/c1-3-19-16(18)17-14-7-5-4-6-12(14)13-10-11(2)8-9-15(13)17/h4-10H,3H2,1-2H3. The van der Waals surface area contributed by atoms with Gasteiger partial charge in [-0.3, -0.25) is 0 Å². The van der Waals surface area contributed by atoms with Crippen molar-refractivity contribution in [3.63, 3.8) is 0 Å². The Morgan fingerprint density at radius 3 is 2.63 bits per heavy atom. The Morgan fingerprint density at radius 2 is 1.84 bits per heavy atom. The van der Waals surface area contributed by atoms with Crippen LogP contribution in [0.15, 0.2) is 42.5 Å². The number of hydrogen-bond donors (Lipinski definition) is 0. The molecular weight excluding hydrogens is 238 g/mol. The zero-order valence-electron chi connectivity index (χ0n) is 11.0. The molecule has 0 N–H and O–H groups in total. The lowest BCUT2D eigenvalue weighted by molar-refractivity contribution is 0.156. The quantitative estimate of drug-likeness (QED) is 0.653. The first-order valence-corrected chi connectivity index (χ1v) is 6.39. The molecule has 0 bridgehead atoms. The largest absolute Gasteiger partial charge is 0.449 e. The summed E-state index contributed by atoms with van der Waals surface area (Å²) in [5.41, 5.74) is 2.96. The number of aromatic nitrogens is 1. The van der Waals surface area contributed by atoms with Gasteiger partial charge in [0, 0.05) is 10.8 Å². The summed E-state index contributed by atoms with van der Waals surface area (Å²) in [6.07, 6.45) is -0.322. The number of benzene rings is 2. The van der Waals surface area contributed by atoms with Gasteiger partial charge in [0.25, 0.3) is 0 Å². The second-order valence-electron chi connectivity index (χ2n) is 4.57. The molecule has 96 valence electrons. The topological polar surface area (TPSA) is 31.2 Å². The summed E-state index contributed by atoms with van der Waals surface area (Å²) in [6, 6.07) is 14.0. The normalized spacial score (nSPS) is 11.1. The van der Waals surface area contributed by atoms with E-state index in [-0.39, 0.29) is 6.09 Å². The minimum absolute atomic E-state index is 0.322. The van der Waals surface area contributed by atoms with Gasteiger partial charge < -0.3 is 4.74 Å². The molecule has 3 aromatic rings. The van der Waals surface area contributed by atoms with E-state index in [9.17, 15) is 4.79 Å². The molecule has 0 atom stereocenters. The highest BCUT2D eigenvalue weighted by molar-refractivity contribution is 6.12. The Morgan fingerprint density at radius 1 is 1.11 bits per heavy atom. The van der Waals surface area contributed by atoms with Crippen LogP contribution in [0.4, 0.5) is 4.79 Å². The lowest BCUT2D eigenvalue weighted by Gasteiger charge is -2.05. The van der Waals surface area contributed by atoms with Crippen molar-refractivity contribution < 1.29 is 9.53 Å². The minimum atomic E-state index is -0.322. The second-order valence-corrected chi connectivity index (χ2v) is 4.57. The van der Waals surface area contributed by atoms with Crippen LogP contribution in [0.3, 0.4) is 0 Å². The first-order valence-electron chi connectivity index (χ1n) is 6.39. The molecule has 2 aromatic carbocycles. The number of carbonyl (C=O) groups excluding carboxylic acids is 1. The zero-order valence-corrected chi connectivity index (χ0v) is 11.0. The van der Waals surface area contributed by atoms with Crippen LogP contribution in [0.2, 0.25) is 0 Å². The summed E-state index contributed by atoms with van der Waals surface area (Å²) >= 11 is 0. The number of para-hydroxylation sites is 1. The fourth-order valence-corrected chi connectivity index (χ4v) is 2.47. The third-order valence-corrected chi connectivity index (χ3v) is 3.28. The lowest BCUT2D eigenvalue weighted by Crippen LogP contribution is -2.12. The van der Waals surface area contributed by atoms with Crippen LogP contribution in [0.1, 0.15) is 12.5 Å². The van der Waals surface area contributed by atoms with Gasteiger partial charge in [-0.15, -0.1) is 0 Å². The average molecular weight is 253 g/mol. The maximum Gasteiger partial charge on any atom is 0.418 e. The molecule has 0 fully saturated rings. The van der Waals surface area contributed by atoms with Crippen molar-refractivity contribution in [2.45, 2.75) is 13.8 Å². The van der Waals surface area contributed by atoms with E-state index in [1.165, 1.54) is 5.56 Å². The highest BCUT2D eigenvalue weighted by Gasteiger charge is 2.16. The summed E-state index contributed by atoms with van der Waals surface area (Å²) in [5, 5.41) is 2.16. The number of ether oxygens (including phenoxy) is 1. The molecule has 0 saturated carbocycles. The van der Waals surface area contributed by atoms with E-state index in [1.54, 1.807) is 4.57 Å². The van der Waals surface area contributed by atoms with Crippen molar-refractivity contribution >= 4 is 27.9 Å². The van der Waals surface area contributed by atoms with Gasteiger partial charge in [-0.05, 0) is 32.0 Å². The van der Waals surface area contributed by atoms with E-state index in [0.29, 0.717) is 6.61 Å². The molecule has 19 heavy (non-hydrogen) atoms. The van der Waals surface area contributed by atoms with Crippen LogP contribution < -0.4 is 0 Å². The average Bonchev–Trinajstić information content (AvgIpc) is 2.73. The van der Waals surface area contributed by atoms with Crippen LogP contribution in [-0.2, 0) is 4.74 Å². The summed E-state index contributed by atoms with van der Waals surface area (Å²) in [6.45, 7) is 4.24. The van der Waals surface area contributed by atoms with Gasteiger partial charge in [0.05, 0.1) is 17.6 Å². The molecule has 3 heteroatoms. The van der Waals surface area contributed by atoms with Crippen LogP contribution in [0, 0.1) is 6.92 Å². The Balaban J connectivity index is 2.42. The molecule has 1 heterocycles. The number of aryl methyl sites for hydroxylation is 1. The van der Waals surface area contributed by atoms with Gasteiger partial charge >= 0.3 is 6.09 Å². The molecule has 0 saturated heterocycles. The molecule has 0 unspecified atom stereocenters. The third-order valence-electron chi connectivity index (χ3n) is 3.28. The van der Waals surface area contributed by atoms with Crippen LogP contribution >= 0.6 is 0 Å². The lowest BCUT2D eigenvalue weighted by atomic mass is 10.1. The predicted octanol–water partition coefficient (Wildman–Crippen LogP) is 4.11. The van der Waals surface area contributed by atoms with E-state index in [4.69, 9.17) is 4.74 Å². The molecule has 0 spiro atoms. The number of rotatable bonds is 1. The molecule has 0 aliphatic carbocycles. The first-order chi connectivity index (χ1) is 9.22. The maximum absolute atomic E-state index is 12.2. The molecule has 3 nitrogen and oxygen atoms in total. The van der Waals surface area contributed by atoms with Gasteiger partial charge in [-0.2, -0.15) is 0 Å². The van der Waals surface area contributed by atoms with Crippen molar-refractivity contribution in [2.75, 3.05) is 6.61 Å². The monoisotopic (exact) mass is 253 g/mol. The number of fused-ring (bicyclic) bond motifs is 3. The van der Waals surface area contributed by atoms with Gasteiger partial charge in [0.2, 0.25) is 0 Å². The summed E-state index contributed by atoms with van der Waals surface area (Å²) in [5.74, 6) is 0. The van der Waals surface area contributed by atoms with E-state index in [0.717, 1.165) is 21.8 Å². The van der Waals surface area contributed by atoms with Gasteiger partial charge in [-0.25, -0.2) is 9.36 Å². The maximum atomic E-state index is 12.2. The number of nitrogens with zero attached hydrogens (tertiary/aromatic N) is 1. The Hall–Kier alpha value is -2.29. The molecule has 0 radical (unpaired) electrons. The van der Waals surface area contributed by atoms with Crippen molar-refractivity contribution in [1.29, 1.82) is 0 Å². The summed E-state index contributed by atoms with van der Waals surface area (Å²) in [7, 11) is 0. The Bertz CT molecular complexity index is 771. The molecular formula is C16H15NO2. The van der Waals surface area contributed by atoms with E-state index in [2.05, 4.69) is 13.0 Å². The zero-order chi connectivity index (χ0) is 13.4. The van der Waals surface area contributed by atoms with Gasteiger partial charge in [-0.1, -0.05) is 29.8 Å².